The molecule has 8 heteroatoms. The molecule has 29 heavy (non-hydrogen) atoms. The molecule has 152 valence electrons. The van der Waals surface area contributed by atoms with Crippen molar-refractivity contribution >= 4 is 28.3 Å². The maximum Gasteiger partial charge on any atom is 0.410 e. The van der Waals surface area contributed by atoms with Crippen LogP contribution in [-0.4, -0.2) is 60.1 Å². The Morgan fingerprint density at radius 1 is 1.07 bits per heavy atom. The molecular formula is C21H23N3O4S. The van der Waals surface area contributed by atoms with Crippen molar-refractivity contribution in [2.24, 2.45) is 0 Å². The fourth-order valence-corrected chi connectivity index (χ4v) is 5.32. The minimum absolute atomic E-state index is 0.150. The fourth-order valence-electron chi connectivity index (χ4n) is 3.60. The molecule has 4 rings (SSSR count). The van der Waals surface area contributed by atoms with E-state index in [4.69, 9.17) is 4.74 Å². The van der Waals surface area contributed by atoms with Crippen LogP contribution in [0.15, 0.2) is 48.8 Å². The van der Waals surface area contributed by atoms with Gasteiger partial charge in [0, 0.05) is 44.1 Å². The van der Waals surface area contributed by atoms with Gasteiger partial charge in [-0.25, -0.2) is 13.2 Å². The van der Waals surface area contributed by atoms with Crippen LogP contribution in [-0.2, 0) is 21.4 Å². The molecule has 1 fully saturated rings. The van der Waals surface area contributed by atoms with Crippen LogP contribution < -0.4 is 10.4 Å². The molecule has 1 saturated heterocycles. The predicted molar refractivity (Wildman–Crippen MR) is 110 cm³/mol. The summed E-state index contributed by atoms with van der Waals surface area (Å²) in [7, 11) is -3.47. The topological polar surface area (TPSA) is 79.8 Å². The number of rotatable bonds is 4. The normalized spacial score (nSPS) is 19.6. The molecule has 1 aliphatic heterocycles. The van der Waals surface area contributed by atoms with Crippen molar-refractivity contribution in [2.75, 3.05) is 26.2 Å². The lowest BCUT2D eigenvalue weighted by Gasteiger charge is -2.35. The van der Waals surface area contributed by atoms with E-state index in [0.717, 1.165) is 16.0 Å². The highest BCUT2D eigenvalue weighted by molar-refractivity contribution is 7.90. The summed E-state index contributed by atoms with van der Waals surface area (Å²) in [6, 6.07) is 11.4. The first-order chi connectivity index (χ1) is 14.0. The number of nitrogens with zero attached hydrogens (tertiary/aromatic N) is 3. The van der Waals surface area contributed by atoms with E-state index in [-0.39, 0.29) is 19.7 Å². The van der Waals surface area contributed by atoms with Crippen molar-refractivity contribution < 1.29 is 17.9 Å². The molecule has 0 spiro atoms. The van der Waals surface area contributed by atoms with Gasteiger partial charge in [-0.15, -0.1) is 0 Å². The highest BCUT2D eigenvalue weighted by atomic mass is 32.2. The lowest BCUT2D eigenvalue weighted by Crippen LogP contribution is -2.53. The van der Waals surface area contributed by atoms with E-state index in [1.807, 2.05) is 42.5 Å². The number of carbonyl (C=O) groups excluding carboxylic acids is 1. The zero-order valence-electron chi connectivity index (χ0n) is 16.0. The van der Waals surface area contributed by atoms with Gasteiger partial charge < -0.3 is 9.64 Å². The third-order valence-electron chi connectivity index (χ3n) is 5.26. The number of aromatic nitrogens is 1. The van der Waals surface area contributed by atoms with Crippen molar-refractivity contribution in [3.63, 3.8) is 0 Å². The van der Waals surface area contributed by atoms with Gasteiger partial charge in [-0.2, -0.15) is 4.31 Å². The summed E-state index contributed by atoms with van der Waals surface area (Å²) >= 11 is 0. The Hall–Kier alpha value is -2.71. The number of benzene rings is 1. The van der Waals surface area contributed by atoms with E-state index in [1.165, 1.54) is 4.31 Å². The number of hydrogen-bond donors (Lipinski definition) is 0. The van der Waals surface area contributed by atoms with Crippen molar-refractivity contribution in [1.29, 1.82) is 0 Å². The van der Waals surface area contributed by atoms with Crippen LogP contribution in [0.3, 0.4) is 0 Å². The predicted octanol–water partition coefficient (Wildman–Crippen LogP) is 0.699. The first kappa shape index (κ1) is 19.6. The van der Waals surface area contributed by atoms with Crippen LogP contribution in [0.1, 0.15) is 12.0 Å². The number of amides is 1. The SMILES string of the molecule is O=C(OCc1cccnc1)N1CCN(S(=O)(=O)C2C=c3ccccc3=CC2)CC1. The summed E-state index contributed by atoms with van der Waals surface area (Å²) in [5.41, 5.74) is 0.812. The molecule has 0 radical (unpaired) electrons. The number of fused-ring (bicyclic) bond motifs is 1. The van der Waals surface area contributed by atoms with Gasteiger partial charge >= 0.3 is 6.09 Å². The smallest absolute Gasteiger partial charge is 0.410 e. The van der Waals surface area contributed by atoms with E-state index in [0.29, 0.717) is 19.5 Å². The molecule has 7 nitrogen and oxygen atoms in total. The van der Waals surface area contributed by atoms with Gasteiger partial charge in [0.2, 0.25) is 10.0 Å². The van der Waals surface area contributed by atoms with Gasteiger partial charge in [0.25, 0.3) is 0 Å². The van der Waals surface area contributed by atoms with Crippen LogP contribution in [0.4, 0.5) is 4.79 Å². The molecule has 1 aliphatic carbocycles. The molecule has 1 aromatic heterocycles. The number of carbonyl (C=O) groups is 1. The zero-order valence-corrected chi connectivity index (χ0v) is 16.8. The standard InChI is InChI=1S/C21H23N3O4S/c25-21(28-16-17-4-3-9-22-15-17)23-10-12-24(13-11-23)29(26,27)20-8-7-18-5-1-2-6-19(18)14-20/h1-7,9,14-15,20H,8,10-13,16H2. The lowest BCUT2D eigenvalue weighted by molar-refractivity contribution is 0.0837. The first-order valence-electron chi connectivity index (χ1n) is 9.61. The van der Waals surface area contributed by atoms with Crippen molar-refractivity contribution in [3.05, 3.63) is 64.8 Å². The molecule has 0 saturated carbocycles. The van der Waals surface area contributed by atoms with Gasteiger partial charge in [0.15, 0.2) is 0 Å². The quantitative estimate of drug-likeness (QED) is 0.737. The zero-order chi connectivity index (χ0) is 20.3. The summed E-state index contributed by atoms with van der Waals surface area (Å²) in [5, 5.41) is 1.45. The van der Waals surface area contributed by atoms with E-state index in [2.05, 4.69) is 4.98 Å². The molecule has 2 aliphatic rings. The largest absolute Gasteiger partial charge is 0.444 e. The first-order valence-corrected chi connectivity index (χ1v) is 11.1. The molecule has 0 bridgehead atoms. The lowest BCUT2D eigenvalue weighted by atomic mass is 10.1. The van der Waals surface area contributed by atoms with E-state index in [1.54, 1.807) is 23.4 Å². The van der Waals surface area contributed by atoms with Crippen molar-refractivity contribution in [2.45, 2.75) is 18.3 Å². The minimum Gasteiger partial charge on any atom is -0.444 e. The van der Waals surface area contributed by atoms with Gasteiger partial charge in [-0.05, 0) is 22.9 Å². The maximum atomic E-state index is 13.1. The molecular weight excluding hydrogens is 390 g/mol. The Kier molecular flexibility index (Phi) is 5.64. The van der Waals surface area contributed by atoms with Crippen molar-refractivity contribution in [3.8, 4) is 0 Å². The molecule has 2 heterocycles. The van der Waals surface area contributed by atoms with Crippen LogP contribution in [0.5, 0.6) is 0 Å². The average molecular weight is 413 g/mol. The summed E-state index contributed by atoms with van der Waals surface area (Å²) < 4.78 is 32.9. The third kappa shape index (κ3) is 4.33. The number of ether oxygens (including phenoxy) is 1. The number of sulfonamides is 1. The van der Waals surface area contributed by atoms with Gasteiger partial charge in [0.05, 0.1) is 5.25 Å². The molecule has 2 aromatic rings. The van der Waals surface area contributed by atoms with Gasteiger partial charge in [-0.1, -0.05) is 42.5 Å². The molecule has 1 aromatic carbocycles. The average Bonchev–Trinajstić information content (AvgIpc) is 2.78. The summed E-state index contributed by atoms with van der Waals surface area (Å²) in [6.45, 7) is 1.33. The second-order valence-electron chi connectivity index (χ2n) is 7.12. The van der Waals surface area contributed by atoms with Gasteiger partial charge in [0.1, 0.15) is 6.61 Å². The number of hydrogen-bond acceptors (Lipinski definition) is 5. The van der Waals surface area contributed by atoms with E-state index < -0.39 is 21.4 Å². The second-order valence-corrected chi connectivity index (χ2v) is 9.27. The molecule has 0 N–H and O–H groups in total. The number of piperazine rings is 1. The Morgan fingerprint density at radius 2 is 1.83 bits per heavy atom. The summed E-state index contributed by atoms with van der Waals surface area (Å²) in [5.74, 6) is 0. The number of pyridine rings is 1. The van der Waals surface area contributed by atoms with Crippen molar-refractivity contribution in [1.82, 2.24) is 14.2 Å². The van der Waals surface area contributed by atoms with Crippen LogP contribution in [0.25, 0.3) is 12.2 Å². The second kappa shape index (κ2) is 8.34. The third-order valence-corrected chi connectivity index (χ3v) is 7.43. The monoisotopic (exact) mass is 413 g/mol. The molecule has 1 unspecified atom stereocenters. The van der Waals surface area contributed by atoms with Crippen LogP contribution >= 0.6 is 0 Å². The fraction of sp³-hybridized carbons (Fsp3) is 0.333. The minimum atomic E-state index is -3.47. The highest BCUT2D eigenvalue weighted by Crippen LogP contribution is 2.18. The Labute approximate surface area is 170 Å². The van der Waals surface area contributed by atoms with E-state index >= 15 is 0 Å². The van der Waals surface area contributed by atoms with Gasteiger partial charge in [-0.3, -0.25) is 4.98 Å². The maximum absolute atomic E-state index is 13.1. The Bertz CT molecular complexity index is 1090. The van der Waals surface area contributed by atoms with Crippen LogP contribution in [0, 0.1) is 0 Å². The molecule has 1 amide bonds. The molecule has 1 atom stereocenters. The highest BCUT2D eigenvalue weighted by Gasteiger charge is 2.34. The Balaban J connectivity index is 1.35. The Morgan fingerprint density at radius 3 is 2.55 bits per heavy atom. The summed E-state index contributed by atoms with van der Waals surface area (Å²) in [4.78, 5) is 17.8. The van der Waals surface area contributed by atoms with Crippen LogP contribution in [0.2, 0.25) is 0 Å². The van der Waals surface area contributed by atoms with E-state index in [9.17, 15) is 13.2 Å². The summed E-state index contributed by atoms with van der Waals surface area (Å²) in [6.07, 6.45) is 7.14.